The highest BCUT2D eigenvalue weighted by Crippen LogP contribution is 2.25. The first-order valence-corrected chi connectivity index (χ1v) is 9.97. The first-order chi connectivity index (χ1) is 14.8. The Morgan fingerprint density at radius 2 is 1.74 bits per heavy atom. The van der Waals surface area contributed by atoms with E-state index in [0.29, 0.717) is 22.3 Å². The fraction of sp³-hybridized carbons (Fsp3) is 0.160. The van der Waals surface area contributed by atoms with Crippen LogP contribution < -0.4 is 5.32 Å². The zero-order chi connectivity index (χ0) is 22.0. The minimum Gasteiger partial charge on any atom is -0.444 e. The molecule has 0 spiro atoms. The second-order valence-corrected chi connectivity index (χ2v) is 8.22. The summed E-state index contributed by atoms with van der Waals surface area (Å²) in [6, 6.07) is 18.5. The molecule has 0 aliphatic carbocycles. The molecule has 2 aromatic heterocycles. The standard InChI is InChI=1S/C25H23N3O3/c1-25(2,3)31-24(30)28-19-11-9-16(10-12-19)21-14-18(15-27-21)23(29)20-8-4-6-17-7-5-13-26-22(17)20/h4-15,27H,1-3H3,(H,28,30). The van der Waals surface area contributed by atoms with Gasteiger partial charge in [-0.15, -0.1) is 0 Å². The molecule has 1 amide bonds. The SMILES string of the molecule is CC(C)(C)OC(=O)Nc1ccc(-c2cc(C(=O)c3cccc4cccnc34)c[nH]2)cc1. The van der Waals surface area contributed by atoms with Gasteiger partial charge in [-0.05, 0) is 56.7 Å². The fourth-order valence-electron chi connectivity index (χ4n) is 3.29. The second-order valence-electron chi connectivity index (χ2n) is 8.22. The first-order valence-electron chi connectivity index (χ1n) is 9.97. The summed E-state index contributed by atoms with van der Waals surface area (Å²) in [5, 5.41) is 3.63. The van der Waals surface area contributed by atoms with Crippen LogP contribution in [0.25, 0.3) is 22.2 Å². The summed E-state index contributed by atoms with van der Waals surface area (Å²) in [7, 11) is 0. The summed E-state index contributed by atoms with van der Waals surface area (Å²) in [4.78, 5) is 32.5. The summed E-state index contributed by atoms with van der Waals surface area (Å²) in [5.74, 6) is -0.0880. The molecule has 0 unspecified atom stereocenters. The molecule has 6 heteroatoms. The smallest absolute Gasteiger partial charge is 0.412 e. The highest BCUT2D eigenvalue weighted by molar-refractivity contribution is 6.15. The number of H-pyrrole nitrogens is 1. The van der Waals surface area contributed by atoms with Gasteiger partial charge in [0.15, 0.2) is 5.78 Å². The summed E-state index contributed by atoms with van der Waals surface area (Å²) in [6.07, 6.45) is 2.89. The van der Waals surface area contributed by atoms with Crippen LogP contribution in [-0.4, -0.2) is 27.4 Å². The van der Waals surface area contributed by atoms with Crippen molar-refractivity contribution in [3.05, 3.63) is 84.2 Å². The number of aromatic nitrogens is 2. The predicted octanol–water partition coefficient (Wildman–Crippen LogP) is 5.81. The zero-order valence-corrected chi connectivity index (χ0v) is 17.6. The molecule has 0 radical (unpaired) electrons. The van der Waals surface area contributed by atoms with Gasteiger partial charge in [0.1, 0.15) is 5.60 Å². The lowest BCUT2D eigenvalue weighted by Crippen LogP contribution is -2.27. The van der Waals surface area contributed by atoms with Crippen LogP contribution >= 0.6 is 0 Å². The minimum absolute atomic E-state index is 0.0880. The lowest BCUT2D eigenvalue weighted by Gasteiger charge is -2.19. The van der Waals surface area contributed by atoms with E-state index < -0.39 is 11.7 Å². The lowest BCUT2D eigenvalue weighted by atomic mass is 10.0. The number of pyridine rings is 1. The van der Waals surface area contributed by atoms with Gasteiger partial charge in [0.05, 0.1) is 5.52 Å². The van der Waals surface area contributed by atoms with E-state index in [1.54, 1.807) is 30.6 Å². The number of carbonyl (C=O) groups is 2. The van der Waals surface area contributed by atoms with E-state index in [4.69, 9.17) is 4.74 Å². The zero-order valence-electron chi connectivity index (χ0n) is 17.6. The Labute approximate surface area is 180 Å². The number of para-hydroxylation sites is 1. The minimum atomic E-state index is -0.559. The van der Waals surface area contributed by atoms with Crippen molar-refractivity contribution in [1.29, 1.82) is 0 Å². The third-order valence-corrected chi connectivity index (χ3v) is 4.66. The molecule has 2 N–H and O–H groups in total. The summed E-state index contributed by atoms with van der Waals surface area (Å²) < 4.78 is 5.26. The van der Waals surface area contributed by atoms with Crippen LogP contribution in [0.2, 0.25) is 0 Å². The summed E-state index contributed by atoms with van der Waals surface area (Å²) >= 11 is 0. The van der Waals surface area contributed by atoms with Crippen LogP contribution in [0.1, 0.15) is 36.7 Å². The Morgan fingerprint density at radius 3 is 2.48 bits per heavy atom. The van der Waals surface area contributed by atoms with E-state index in [-0.39, 0.29) is 5.78 Å². The molecule has 0 saturated heterocycles. The molecule has 0 atom stereocenters. The van der Waals surface area contributed by atoms with E-state index in [9.17, 15) is 9.59 Å². The highest BCUT2D eigenvalue weighted by Gasteiger charge is 2.17. The van der Waals surface area contributed by atoms with E-state index in [1.165, 1.54) is 0 Å². The number of ether oxygens (including phenoxy) is 1. The number of benzene rings is 2. The average molecular weight is 413 g/mol. The Hall–Kier alpha value is -3.93. The van der Waals surface area contributed by atoms with E-state index in [2.05, 4.69) is 15.3 Å². The molecule has 0 saturated carbocycles. The van der Waals surface area contributed by atoms with E-state index >= 15 is 0 Å². The number of ketones is 1. The summed E-state index contributed by atoms with van der Waals surface area (Å²) in [5.41, 5.74) is 3.59. The van der Waals surface area contributed by atoms with Crippen LogP contribution in [0.5, 0.6) is 0 Å². The van der Waals surface area contributed by atoms with Gasteiger partial charge in [-0.1, -0.05) is 30.3 Å². The third-order valence-electron chi connectivity index (χ3n) is 4.66. The van der Waals surface area contributed by atoms with Gasteiger partial charge in [0.2, 0.25) is 0 Å². The van der Waals surface area contributed by atoms with Crippen molar-refractivity contribution >= 4 is 28.5 Å². The van der Waals surface area contributed by atoms with Crippen molar-refractivity contribution in [2.75, 3.05) is 5.32 Å². The first kappa shape index (κ1) is 20.3. The molecule has 2 aromatic carbocycles. The normalized spacial score (nSPS) is 11.3. The quantitative estimate of drug-likeness (QED) is 0.414. The molecule has 2 heterocycles. The molecule has 4 rings (SSSR count). The van der Waals surface area contributed by atoms with Gasteiger partial charge in [0.25, 0.3) is 0 Å². The summed E-state index contributed by atoms with van der Waals surface area (Å²) in [6.45, 7) is 5.44. The Bertz CT molecular complexity index is 1250. The van der Waals surface area contributed by atoms with Gasteiger partial charge in [-0.25, -0.2) is 4.79 Å². The predicted molar refractivity (Wildman–Crippen MR) is 121 cm³/mol. The molecule has 0 aliphatic heterocycles. The van der Waals surface area contributed by atoms with Gasteiger partial charge in [0, 0.05) is 40.3 Å². The van der Waals surface area contributed by atoms with Crippen molar-refractivity contribution in [2.45, 2.75) is 26.4 Å². The molecular formula is C25H23N3O3. The average Bonchev–Trinajstić information content (AvgIpc) is 3.22. The van der Waals surface area contributed by atoms with Gasteiger partial charge >= 0.3 is 6.09 Å². The number of anilines is 1. The maximum absolute atomic E-state index is 13.1. The number of hydrogen-bond acceptors (Lipinski definition) is 4. The van der Waals surface area contributed by atoms with Crippen molar-refractivity contribution in [2.24, 2.45) is 0 Å². The molecule has 0 bridgehead atoms. The number of fused-ring (bicyclic) bond motifs is 1. The van der Waals surface area contributed by atoms with Gasteiger partial charge < -0.3 is 9.72 Å². The fourth-order valence-corrected chi connectivity index (χ4v) is 3.29. The molecule has 4 aromatic rings. The van der Waals surface area contributed by atoms with Crippen LogP contribution in [0.15, 0.2) is 73.1 Å². The van der Waals surface area contributed by atoms with Crippen molar-refractivity contribution in [3.8, 4) is 11.3 Å². The van der Waals surface area contributed by atoms with Crippen LogP contribution in [0.4, 0.5) is 10.5 Å². The number of carbonyl (C=O) groups excluding carboxylic acids is 2. The number of aromatic amines is 1. The van der Waals surface area contributed by atoms with Gasteiger partial charge in [-0.2, -0.15) is 0 Å². The maximum atomic E-state index is 13.1. The molecule has 31 heavy (non-hydrogen) atoms. The Balaban J connectivity index is 1.52. The molecule has 0 fully saturated rings. The third kappa shape index (κ3) is 4.64. The van der Waals surface area contributed by atoms with Gasteiger partial charge in [-0.3, -0.25) is 15.1 Å². The molecule has 0 aliphatic rings. The van der Waals surface area contributed by atoms with Crippen LogP contribution in [-0.2, 0) is 4.74 Å². The molecule has 6 nitrogen and oxygen atoms in total. The van der Waals surface area contributed by atoms with E-state index in [1.807, 2.05) is 63.2 Å². The van der Waals surface area contributed by atoms with Crippen LogP contribution in [0, 0.1) is 0 Å². The van der Waals surface area contributed by atoms with Crippen molar-refractivity contribution in [3.63, 3.8) is 0 Å². The lowest BCUT2D eigenvalue weighted by molar-refractivity contribution is 0.0635. The van der Waals surface area contributed by atoms with Crippen LogP contribution in [0.3, 0.4) is 0 Å². The second kappa shape index (κ2) is 8.07. The van der Waals surface area contributed by atoms with Crippen molar-refractivity contribution in [1.82, 2.24) is 9.97 Å². The maximum Gasteiger partial charge on any atom is 0.412 e. The number of hydrogen-bond donors (Lipinski definition) is 2. The molecule has 156 valence electrons. The molecular weight excluding hydrogens is 390 g/mol. The monoisotopic (exact) mass is 413 g/mol. The van der Waals surface area contributed by atoms with Crippen molar-refractivity contribution < 1.29 is 14.3 Å². The Kier molecular flexibility index (Phi) is 5.29. The topological polar surface area (TPSA) is 84.1 Å². The number of rotatable bonds is 4. The Morgan fingerprint density at radius 1 is 1.00 bits per heavy atom. The number of nitrogens with one attached hydrogen (secondary N) is 2. The largest absolute Gasteiger partial charge is 0.444 e. The number of nitrogens with zero attached hydrogens (tertiary/aromatic N) is 1. The van der Waals surface area contributed by atoms with E-state index in [0.717, 1.165) is 16.6 Å². The number of amides is 1. The highest BCUT2D eigenvalue weighted by atomic mass is 16.6.